The van der Waals surface area contributed by atoms with Gasteiger partial charge >= 0.3 is 0 Å². The Morgan fingerprint density at radius 3 is 2.26 bits per heavy atom. The van der Waals surface area contributed by atoms with Gasteiger partial charge in [0.1, 0.15) is 17.7 Å². The van der Waals surface area contributed by atoms with Gasteiger partial charge in [-0.15, -0.1) is 0 Å². The van der Waals surface area contributed by atoms with Crippen LogP contribution in [0.2, 0.25) is 0 Å². The molecule has 186 valence electrons. The Labute approximate surface area is 200 Å². The second kappa shape index (κ2) is 9.79. The zero-order valence-electron chi connectivity index (χ0n) is 20.0. The second-order valence-electron chi connectivity index (χ2n) is 8.37. The first-order valence-electron chi connectivity index (χ1n) is 11.4. The third-order valence-electron chi connectivity index (χ3n) is 6.66. The molecule has 0 bridgehead atoms. The van der Waals surface area contributed by atoms with Crippen LogP contribution in [0.3, 0.4) is 0 Å². The van der Waals surface area contributed by atoms with E-state index in [4.69, 9.17) is 14.2 Å². The molecule has 2 aliphatic heterocycles. The van der Waals surface area contributed by atoms with Gasteiger partial charge < -0.3 is 19.1 Å². The van der Waals surface area contributed by atoms with Gasteiger partial charge in [0.25, 0.3) is 0 Å². The summed E-state index contributed by atoms with van der Waals surface area (Å²) in [6.07, 6.45) is -0.146. The number of methoxy groups -OCH3 is 3. The predicted octanol–water partition coefficient (Wildman–Crippen LogP) is 2.84. The molecule has 0 radical (unpaired) electrons. The molecule has 1 saturated heterocycles. The van der Waals surface area contributed by atoms with Gasteiger partial charge in [-0.1, -0.05) is 25.1 Å². The van der Waals surface area contributed by atoms with E-state index in [9.17, 15) is 12.8 Å². The van der Waals surface area contributed by atoms with Gasteiger partial charge in [0.15, 0.2) is 0 Å². The molecule has 0 aliphatic carbocycles. The zero-order valence-corrected chi connectivity index (χ0v) is 20.8. The number of nitrogens with zero attached hydrogens (tertiary/aromatic N) is 3. The molecule has 0 saturated carbocycles. The van der Waals surface area contributed by atoms with E-state index >= 15 is 0 Å². The number of halogens is 1. The number of sulfonamides is 1. The van der Waals surface area contributed by atoms with E-state index in [0.717, 1.165) is 0 Å². The first-order valence-corrected chi connectivity index (χ1v) is 12.8. The standard InChI is InChI=1S/C24H32FN3O5S/c1-5-13-28-23(27-16-14-26(15-17-27)19-10-7-6-9-18(19)25)24(32-3,33-4)22-20(31-2)11-8-12-21(22)34(28,29)30/h6-12,23H,5,13-17H2,1-4H3. The maximum atomic E-state index is 14.4. The lowest BCUT2D eigenvalue weighted by Crippen LogP contribution is -2.68. The highest BCUT2D eigenvalue weighted by Crippen LogP contribution is 2.49. The Morgan fingerprint density at radius 2 is 1.68 bits per heavy atom. The maximum Gasteiger partial charge on any atom is 0.245 e. The molecule has 2 aromatic carbocycles. The van der Waals surface area contributed by atoms with Crippen LogP contribution in [0, 0.1) is 5.82 Å². The maximum absolute atomic E-state index is 14.4. The van der Waals surface area contributed by atoms with Crippen molar-refractivity contribution in [3.63, 3.8) is 0 Å². The van der Waals surface area contributed by atoms with Crippen molar-refractivity contribution in [2.45, 2.75) is 30.2 Å². The summed E-state index contributed by atoms with van der Waals surface area (Å²) in [5.41, 5.74) is 0.900. The summed E-state index contributed by atoms with van der Waals surface area (Å²) in [6, 6.07) is 11.6. The fourth-order valence-electron chi connectivity index (χ4n) is 5.12. The summed E-state index contributed by atoms with van der Waals surface area (Å²) in [5.74, 6) is -1.30. The number of benzene rings is 2. The predicted molar refractivity (Wildman–Crippen MR) is 127 cm³/mol. The van der Waals surface area contributed by atoms with Gasteiger partial charge in [-0.25, -0.2) is 12.8 Å². The van der Waals surface area contributed by atoms with Crippen LogP contribution >= 0.6 is 0 Å². The molecule has 2 aliphatic rings. The van der Waals surface area contributed by atoms with Gasteiger partial charge in [-0.3, -0.25) is 4.90 Å². The van der Waals surface area contributed by atoms with E-state index in [1.165, 1.54) is 31.7 Å². The topological polar surface area (TPSA) is 71.6 Å². The van der Waals surface area contributed by atoms with Gasteiger partial charge in [0.2, 0.25) is 15.8 Å². The summed E-state index contributed by atoms with van der Waals surface area (Å²) >= 11 is 0. The molecular formula is C24H32FN3O5S. The summed E-state index contributed by atoms with van der Waals surface area (Å²) in [5, 5.41) is 0. The zero-order chi connectivity index (χ0) is 24.5. The molecule has 10 heteroatoms. The number of anilines is 1. The average Bonchev–Trinajstić information content (AvgIpc) is 2.86. The Kier molecular flexibility index (Phi) is 7.16. The summed E-state index contributed by atoms with van der Waals surface area (Å²) in [7, 11) is 0.674. The van der Waals surface area contributed by atoms with Crippen molar-refractivity contribution >= 4 is 15.7 Å². The van der Waals surface area contributed by atoms with E-state index in [0.29, 0.717) is 56.1 Å². The number of piperazine rings is 1. The number of hydrogen-bond donors (Lipinski definition) is 0. The lowest BCUT2D eigenvalue weighted by atomic mass is 9.98. The third-order valence-corrected chi connectivity index (χ3v) is 8.56. The number of para-hydroxylation sites is 1. The summed E-state index contributed by atoms with van der Waals surface area (Å²) in [4.78, 5) is 4.14. The largest absolute Gasteiger partial charge is 0.496 e. The van der Waals surface area contributed by atoms with E-state index in [1.807, 2.05) is 22.8 Å². The number of fused-ring (bicyclic) bond motifs is 1. The molecule has 8 nitrogen and oxygen atoms in total. The highest BCUT2D eigenvalue weighted by Gasteiger charge is 2.59. The third kappa shape index (κ3) is 3.87. The fraction of sp³-hybridized carbons (Fsp3) is 0.500. The van der Waals surface area contributed by atoms with Gasteiger partial charge in [-0.2, -0.15) is 4.31 Å². The molecule has 2 aromatic rings. The van der Waals surface area contributed by atoms with Crippen LogP contribution in [0.4, 0.5) is 10.1 Å². The van der Waals surface area contributed by atoms with Crippen LogP contribution in [-0.4, -0.2) is 77.8 Å². The quantitative estimate of drug-likeness (QED) is 0.550. The fourth-order valence-corrected chi connectivity index (χ4v) is 7.08. The van der Waals surface area contributed by atoms with Crippen molar-refractivity contribution in [3.8, 4) is 5.75 Å². The monoisotopic (exact) mass is 493 g/mol. The van der Waals surface area contributed by atoms with Crippen LogP contribution in [0.25, 0.3) is 0 Å². The van der Waals surface area contributed by atoms with Crippen molar-refractivity contribution in [2.24, 2.45) is 0 Å². The molecule has 1 unspecified atom stereocenters. The number of rotatable bonds is 7. The molecule has 1 atom stereocenters. The molecule has 0 N–H and O–H groups in total. The van der Waals surface area contributed by atoms with Gasteiger partial charge in [0, 0.05) is 46.9 Å². The van der Waals surface area contributed by atoms with Crippen molar-refractivity contribution in [1.82, 2.24) is 9.21 Å². The van der Waals surface area contributed by atoms with Crippen LogP contribution in [-0.2, 0) is 25.3 Å². The Bertz CT molecular complexity index is 1120. The van der Waals surface area contributed by atoms with Crippen LogP contribution in [0.1, 0.15) is 18.9 Å². The van der Waals surface area contributed by atoms with Crippen molar-refractivity contribution in [2.75, 3.05) is 59.0 Å². The van der Waals surface area contributed by atoms with Crippen LogP contribution < -0.4 is 9.64 Å². The Balaban J connectivity index is 1.79. The first kappa shape index (κ1) is 24.9. The molecule has 0 aromatic heterocycles. The van der Waals surface area contributed by atoms with Crippen LogP contribution in [0.15, 0.2) is 47.4 Å². The highest BCUT2D eigenvalue weighted by atomic mass is 32.2. The number of ether oxygens (including phenoxy) is 3. The SMILES string of the molecule is CCCN1C(N2CCN(c3ccccc3F)CC2)C(OC)(OC)c2c(OC)cccc2S1(=O)=O. The Hall–Kier alpha value is -2.24. The summed E-state index contributed by atoms with van der Waals surface area (Å²) in [6.45, 7) is 4.28. The molecule has 1 fully saturated rings. The lowest BCUT2D eigenvalue weighted by molar-refractivity contribution is -0.279. The van der Waals surface area contributed by atoms with E-state index in [-0.39, 0.29) is 10.7 Å². The van der Waals surface area contributed by atoms with E-state index in [1.54, 1.807) is 30.3 Å². The molecule has 34 heavy (non-hydrogen) atoms. The van der Waals surface area contributed by atoms with Gasteiger partial charge in [-0.05, 0) is 30.7 Å². The first-order chi connectivity index (χ1) is 16.4. The summed E-state index contributed by atoms with van der Waals surface area (Å²) < 4.78 is 61.2. The molecular weight excluding hydrogens is 461 g/mol. The molecule has 4 rings (SSSR count). The number of hydrogen-bond acceptors (Lipinski definition) is 7. The van der Waals surface area contributed by atoms with Crippen molar-refractivity contribution < 1.29 is 27.0 Å². The van der Waals surface area contributed by atoms with Crippen molar-refractivity contribution in [1.29, 1.82) is 0 Å². The Morgan fingerprint density at radius 1 is 1.00 bits per heavy atom. The van der Waals surface area contributed by atoms with E-state index in [2.05, 4.69) is 0 Å². The highest BCUT2D eigenvalue weighted by molar-refractivity contribution is 7.89. The molecule has 0 amide bonds. The lowest BCUT2D eigenvalue weighted by Gasteiger charge is -2.53. The average molecular weight is 494 g/mol. The minimum atomic E-state index is -3.86. The molecule has 2 heterocycles. The smallest absolute Gasteiger partial charge is 0.245 e. The van der Waals surface area contributed by atoms with Crippen LogP contribution in [0.5, 0.6) is 5.75 Å². The second-order valence-corrected chi connectivity index (χ2v) is 10.2. The molecule has 0 spiro atoms. The minimum absolute atomic E-state index is 0.116. The van der Waals surface area contributed by atoms with Crippen molar-refractivity contribution in [3.05, 3.63) is 53.8 Å². The van der Waals surface area contributed by atoms with Gasteiger partial charge in [0.05, 0.1) is 23.3 Å². The normalized spacial score (nSPS) is 22.4. The minimum Gasteiger partial charge on any atom is -0.496 e. The van der Waals surface area contributed by atoms with E-state index < -0.39 is 22.0 Å².